The molecule has 0 saturated carbocycles. The standard InChI is InChI=1S/C17H29NO2/c1-6-18-15(13-20-17(2,3)4)10-7-14-8-11-16(19-5)12-9-14/h8-9,11-12,15,18H,6-7,10,13H2,1-5H3. The molecule has 0 bridgehead atoms. The molecule has 0 aliphatic carbocycles. The maximum atomic E-state index is 5.89. The molecule has 0 amide bonds. The lowest BCUT2D eigenvalue weighted by atomic mass is 10.1. The number of methoxy groups -OCH3 is 1. The Bertz CT molecular complexity index is 368. The Kier molecular flexibility index (Phi) is 7.03. The highest BCUT2D eigenvalue weighted by atomic mass is 16.5. The molecule has 1 rings (SSSR count). The van der Waals surface area contributed by atoms with Crippen LogP contribution in [0.4, 0.5) is 0 Å². The Hall–Kier alpha value is -1.06. The summed E-state index contributed by atoms with van der Waals surface area (Å²) in [5.74, 6) is 0.910. The Morgan fingerprint density at radius 2 is 1.80 bits per heavy atom. The molecule has 20 heavy (non-hydrogen) atoms. The predicted molar refractivity (Wildman–Crippen MR) is 84.5 cm³/mol. The maximum Gasteiger partial charge on any atom is 0.118 e. The topological polar surface area (TPSA) is 30.5 Å². The van der Waals surface area contributed by atoms with Crippen LogP contribution < -0.4 is 10.1 Å². The van der Waals surface area contributed by atoms with E-state index < -0.39 is 0 Å². The molecule has 0 heterocycles. The Balaban J connectivity index is 2.44. The molecule has 0 fully saturated rings. The average molecular weight is 279 g/mol. The molecule has 3 heteroatoms. The van der Waals surface area contributed by atoms with Crippen molar-refractivity contribution in [3.63, 3.8) is 0 Å². The summed E-state index contributed by atoms with van der Waals surface area (Å²) in [5.41, 5.74) is 1.26. The van der Waals surface area contributed by atoms with Gasteiger partial charge in [-0.15, -0.1) is 0 Å². The summed E-state index contributed by atoms with van der Waals surface area (Å²) in [4.78, 5) is 0. The van der Waals surface area contributed by atoms with Crippen molar-refractivity contribution in [2.45, 2.75) is 52.2 Å². The molecule has 1 unspecified atom stereocenters. The SMILES string of the molecule is CCNC(CCc1ccc(OC)cc1)COC(C)(C)C. The molecule has 0 aromatic heterocycles. The van der Waals surface area contributed by atoms with Crippen molar-refractivity contribution < 1.29 is 9.47 Å². The number of likely N-dealkylation sites (N-methyl/N-ethyl adjacent to an activating group) is 1. The van der Waals surface area contributed by atoms with Crippen LogP contribution in [0.3, 0.4) is 0 Å². The quantitative estimate of drug-likeness (QED) is 0.791. The van der Waals surface area contributed by atoms with Gasteiger partial charge in [-0.25, -0.2) is 0 Å². The van der Waals surface area contributed by atoms with Crippen molar-refractivity contribution in [3.8, 4) is 5.75 Å². The fourth-order valence-corrected chi connectivity index (χ4v) is 2.02. The van der Waals surface area contributed by atoms with E-state index in [9.17, 15) is 0 Å². The molecule has 0 saturated heterocycles. The van der Waals surface area contributed by atoms with Crippen LogP contribution in [-0.2, 0) is 11.2 Å². The molecule has 114 valence electrons. The number of hydrogen-bond donors (Lipinski definition) is 1. The highest BCUT2D eigenvalue weighted by molar-refractivity contribution is 5.27. The fraction of sp³-hybridized carbons (Fsp3) is 0.647. The first kappa shape index (κ1) is 17.0. The highest BCUT2D eigenvalue weighted by Crippen LogP contribution is 2.14. The second kappa shape index (κ2) is 8.28. The van der Waals surface area contributed by atoms with Gasteiger partial charge in [0.05, 0.1) is 19.3 Å². The number of benzene rings is 1. The van der Waals surface area contributed by atoms with E-state index in [1.807, 2.05) is 12.1 Å². The van der Waals surface area contributed by atoms with E-state index >= 15 is 0 Å². The minimum absolute atomic E-state index is 0.0756. The number of hydrogen-bond acceptors (Lipinski definition) is 3. The van der Waals surface area contributed by atoms with Gasteiger partial charge in [-0.1, -0.05) is 19.1 Å². The van der Waals surface area contributed by atoms with Gasteiger partial charge >= 0.3 is 0 Å². The largest absolute Gasteiger partial charge is 0.497 e. The zero-order chi connectivity index (χ0) is 15.0. The van der Waals surface area contributed by atoms with Crippen LogP contribution in [0.15, 0.2) is 24.3 Å². The lowest BCUT2D eigenvalue weighted by molar-refractivity contribution is -0.0151. The van der Waals surface area contributed by atoms with Gasteiger partial charge in [-0.2, -0.15) is 0 Å². The van der Waals surface area contributed by atoms with Crippen LogP contribution in [-0.4, -0.2) is 31.9 Å². The van der Waals surface area contributed by atoms with E-state index in [0.717, 1.165) is 31.7 Å². The van der Waals surface area contributed by atoms with E-state index in [1.54, 1.807) is 7.11 Å². The number of ether oxygens (including phenoxy) is 2. The summed E-state index contributed by atoms with van der Waals surface area (Å²) in [6, 6.07) is 8.70. The van der Waals surface area contributed by atoms with Gasteiger partial charge in [0.25, 0.3) is 0 Å². The van der Waals surface area contributed by atoms with Crippen LogP contribution in [0.1, 0.15) is 39.7 Å². The molecule has 1 aromatic rings. The van der Waals surface area contributed by atoms with E-state index in [2.05, 4.69) is 45.1 Å². The molecule has 3 nitrogen and oxygen atoms in total. The summed E-state index contributed by atoms with van der Waals surface area (Å²) in [6.07, 6.45) is 2.13. The van der Waals surface area contributed by atoms with E-state index in [1.165, 1.54) is 5.56 Å². The average Bonchev–Trinajstić information content (AvgIpc) is 2.41. The smallest absolute Gasteiger partial charge is 0.118 e. The molecule has 0 aliphatic rings. The van der Waals surface area contributed by atoms with Crippen molar-refractivity contribution in [1.82, 2.24) is 5.32 Å². The van der Waals surface area contributed by atoms with Gasteiger partial charge < -0.3 is 14.8 Å². The Morgan fingerprint density at radius 3 is 2.30 bits per heavy atom. The van der Waals surface area contributed by atoms with Crippen molar-refractivity contribution >= 4 is 0 Å². The first-order chi connectivity index (χ1) is 9.44. The Morgan fingerprint density at radius 1 is 1.15 bits per heavy atom. The Labute approximate surface area is 123 Å². The second-order valence-electron chi connectivity index (χ2n) is 6.06. The molecule has 0 spiro atoms. The maximum absolute atomic E-state index is 5.89. The number of aryl methyl sites for hydroxylation is 1. The van der Waals surface area contributed by atoms with Crippen LogP contribution in [0.25, 0.3) is 0 Å². The first-order valence-electron chi connectivity index (χ1n) is 7.45. The number of rotatable bonds is 8. The lowest BCUT2D eigenvalue weighted by Crippen LogP contribution is -2.36. The summed E-state index contributed by atoms with van der Waals surface area (Å²) in [6.45, 7) is 10.2. The summed E-state index contributed by atoms with van der Waals surface area (Å²) in [7, 11) is 1.69. The minimum Gasteiger partial charge on any atom is -0.497 e. The molecule has 0 radical (unpaired) electrons. The molecular formula is C17H29NO2. The van der Waals surface area contributed by atoms with Crippen LogP contribution in [0.5, 0.6) is 5.75 Å². The summed E-state index contributed by atoms with van der Waals surface area (Å²) < 4.78 is 11.1. The zero-order valence-corrected chi connectivity index (χ0v) is 13.5. The van der Waals surface area contributed by atoms with E-state index in [0.29, 0.717) is 6.04 Å². The normalized spacial score (nSPS) is 13.2. The molecule has 1 aromatic carbocycles. The van der Waals surface area contributed by atoms with Crippen molar-refractivity contribution in [2.24, 2.45) is 0 Å². The third-order valence-corrected chi connectivity index (χ3v) is 3.15. The summed E-state index contributed by atoms with van der Waals surface area (Å²) in [5, 5.41) is 3.50. The van der Waals surface area contributed by atoms with E-state index in [4.69, 9.17) is 9.47 Å². The lowest BCUT2D eigenvalue weighted by Gasteiger charge is -2.25. The second-order valence-corrected chi connectivity index (χ2v) is 6.06. The summed E-state index contributed by atoms with van der Waals surface area (Å²) >= 11 is 0. The zero-order valence-electron chi connectivity index (χ0n) is 13.5. The molecule has 0 aliphatic heterocycles. The van der Waals surface area contributed by atoms with Gasteiger partial charge in [0.2, 0.25) is 0 Å². The fourth-order valence-electron chi connectivity index (χ4n) is 2.02. The molecule has 1 atom stereocenters. The predicted octanol–water partition coefficient (Wildman–Crippen LogP) is 3.42. The molecular weight excluding hydrogens is 250 g/mol. The van der Waals surface area contributed by atoms with Crippen molar-refractivity contribution in [3.05, 3.63) is 29.8 Å². The van der Waals surface area contributed by atoms with Crippen molar-refractivity contribution in [1.29, 1.82) is 0 Å². The van der Waals surface area contributed by atoms with E-state index in [-0.39, 0.29) is 5.60 Å². The van der Waals surface area contributed by atoms with Gasteiger partial charge in [0, 0.05) is 6.04 Å². The monoisotopic (exact) mass is 279 g/mol. The minimum atomic E-state index is -0.0756. The van der Waals surface area contributed by atoms with Gasteiger partial charge in [0.15, 0.2) is 0 Å². The van der Waals surface area contributed by atoms with Crippen LogP contribution in [0, 0.1) is 0 Å². The first-order valence-corrected chi connectivity index (χ1v) is 7.45. The van der Waals surface area contributed by atoms with Gasteiger partial charge in [0.1, 0.15) is 5.75 Å². The highest BCUT2D eigenvalue weighted by Gasteiger charge is 2.14. The van der Waals surface area contributed by atoms with Gasteiger partial charge in [-0.05, 0) is 57.9 Å². The number of nitrogens with one attached hydrogen (secondary N) is 1. The van der Waals surface area contributed by atoms with Gasteiger partial charge in [-0.3, -0.25) is 0 Å². The van der Waals surface area contributed by atoms with Crippen molar-refractivity contribution in [2.75, 3.05) is 20.3 Å². The van der Waals surface area contributed by atoms with Crippen LogP contribution >= 0.6 is 0 Å². The molecule has 1 N–H and O–H groups in total. The van der Waals surface area contributed by atoms with Crippen LogP contribution in [0.2, 0.25) is 0 Å². The third kappa shape index (κ3) is 6.92. The third-order valence-electron chi connectivity index (χ3n) is 3.15.